The van der Waals surface area contributed by atoms with Gasteiger partial charge in [0.25, 0.3) is 5.91 Å². The van der Waals surface area contributed by atoms with Crippen LogP contribution in [0.1, 0.15) is 33.7 Å². The van der Waals surface area contributed by atoms with E-state index in [0.29, 0.717) is 12.8 Å². The standard InChI is InChI=1S/C12H14N2O5S/c15-11(8-3-4-13-10(6-8)12(16)17)14-7-9-2-1-5-20(9,18)19/h3-4,6,9H,1-2,5,7H2,(H,14,15)(H,16,17). The van der Waals surface area contributed by atoms with Crippen molar-refractivity contribution in [1.82, 2.24) is 10.3 Å². The number of carboxylic acids is 1. The molecule has 0 radical (unpaired) electrons. The largest absolute Gasteiger partial charge is 0.477 e. The highest BCUT2D eigenvalue weighted by atomic mass is 32.2. The number of carbonyl (C=O) groups excluding carboxylic acids is 1. The normalized spacial score (nSPS) is 20.5. The number of pyridine rings is 1. The van der Waals surface area contributed by atoms with Gasteiger partial charge >= 0.3 is 5.97 Å². The summed E-state index contributed by atoms with van der Waals surface area (Å²) >= 11 is 0. The maximum atomic E-state index is 11.9. The van der Waals surface area contributed by atoms with Gasteiger partial charge in [-0.1, -0.05) is 0 Å². The number of hydrogen-bond acceptors (Lipinski definition) is 5. The minimum Gasteiger partial charge on any atom is -0.477 e. The van der Waals surface area contributed by atoms with Crippen LogP contribution in [-0.2, 0) is 9.84 Å². The number of aromatic carboxylic acids is 1. The number of hydrogen-bond donors (Lipinski definition) is 2. The molecule has 108 valence electrons. The molecule has 2 rings (SSSR count). The Bertz CT molecular complexity index is 641. The fraction of sp³-hybridized carbons (Fsp3) is 0.417. The molecule has 1 aromatic heterocycles. The summed E-state index contributed by atoms with van der Waals surface area (Å²) in [5, 5.41) is 10.8. The minimum atomic E-state index is -3.11. The molecule has 0 aliphatic carbocycles. The molecule has 0 bridgehead atoms. The second-order valence-electron chi connectivity index (χ2n) is 4.58. The predicted octanol–water partition coefficient (Wildman–Crippen LogP) is 0.0868. The molecule has 2 heterocycles. The highest BCUT2D eigenvalue weighted by Crippen LogP contribution is 2.19. The van der Waals surface area contributed by atoms with Gasteiger partial charge in [-0.05, 0) is 25.0 Å². The fourth-order valence-electron chi connectivity index (χ4n) is 2.08. The van der Waals surface area contributed by atoms with Crippen LogP contribution in [0, 0.1) is 0 Å². The van der Waals surface area contributed by atoms with Crippen LogP contribution in [0.25, 0.3) is 0 Å². The Balaban J connectivity index is 2.02. The number of sulfone groups is 1. The van der Waals surface area contributed by atoms with Crippen LogP contribution in [0.3, 0.4) is 0 Å². The van der Waals surface area contributed by atoms with Gasteiger partial charge in [0.15, 0.2) is 9.84 Å². The van der Waals surface area contributed by atoms with Crippen molar-refractivity contribution < 1.29 is 23.1 Å². The molecule has 1 amide bonds. The number of amides is 1. The summed E-state index contributed by atoms with van der Waals surface area (Å²) in [6.07, 6.45) is 2.38. The van der Waals surface area contributed by atoms with Gasteiger partial charge in [0.2, 0.25) is 0 Å². The first-order valence-electron chi connectivity index (χ1n) is 6.09. The van der Waals surface area contributed by atoms with E-state index in [9.17, 15) is 18.0 Å². The molecule has 1 saturated heterocycles. The molecule has 1 aliphatic heterocycles. The van der Waals surface area contributed by atoms with E-state index in [2.05, 4.69) is 10.3 Å². The van der Waals surface area contributed by atoms with E-state index in [0.717, 1.165) is 6.07 Å². The maximum Gasteiger partial charge on any atom is 0.354 e. The molecule has 20 heavy (non-hydrogen) atoms. The Labute approximate surface area is 115 Å². The Kier molecular flexibility index (Phi) is 4.03. The molecule has 0 aromatic carbocycles. The third-order valence-electron chi connectivity index (χ3n) is 3.19. The lowest BCUT2D eigenvalue weighted by atomic mass is 10.2. The zero-order valence-corrected chi connectivity index (χ0v) is 11.4. The summed E-state index contributed by atoms with van der Waals surface area (Å²) in [4.78, 5) is 26.2. The summed E-state index contributed by atoms with van der Waals surface area (Å²) < 4.78 is 23.2. The molecule has 0 spiro atoms. The summed E-state index contributed by atoms with van der Waals surface area (Å²) in [5.74, 6) is -1.57. The van der Waals surface area contributed by atoms with Crippen molar-refractivity contribution in [3.05, 3.63) is 29.6 Å². The quantitative estimate of drug-likeness (QED) is 0.814. The number of rotatable bonds is 4. The van der Waals surface area contributed by atoms with Crippen LogP contribution in [0.5, 0.6) is 0 Å². The molecule has 1 aliphatic rings. The van der Waals surface area contributed by atoms with Crippen LogP contribution < -0.4 is 5.32 Å². The third kappa shape index (κ3) is 3.13. The van der Waals surface area contributed by atoms with Crippen molar-refractivity contribution in [2.75, 3.05) is 12.3 Å². The highest BCUT2D eigenvalue weighted by Gasteiger charge is 2.31. The Morgan fingerprint density at radius 3 is 2.80 bits per heavy atom. The van der Waals surface area contributed by atoms with Crippen molar-refractivity contribution in [3.63, 3.8) is 0 Å². The number of carboxylic acid groups (broad SMARTS) is 1. The van der Waals surface area contributed by atoms with E-state index in [4.69, 9.17) is 5.11 Å². The minimum absolute atomic E-state index is 0.0475. The average molecular weight is 298 g/mol. The van der Waals surface area contributed by atoms with Gasteiger partial charge in [-0.25, -0.2) is 18.2 Å². The SMILES string of the molecule is O=C(NCC1CCCS1(=O)=O)c1ccnc(C(=O)O)c1. The molecule has 2 N–H and O–H groups in total. The second kappa shape index (κ2) is 5.58. The Morgan fingerprint density at radius 1 is 1.45 bits per heavy atom. The second-order valence-corrected chi connectivity index (χ2v) is 6.98. The van der Waals surface area contributed by atoms with Gasteiger partial charge in [-0.3, -0.25) is 4.79 Å². The number of carbonyl (C=O) groups is 2. The van der Waals surface area contributed by atoms with Crippen LogP contribution in [0.4, 0.5) is 0 Å². The first-order valence-corrected chi connectivity index (χ1v) is 7.81. The summed E-state index contributed by atoms with van der Waals surface area (Å²) in [5.41, 5.74) is -0.0843. The Morgan fingerprint density at radius 2 is 2.20 bits per heavy atom. The van der Waals surface area contributed by atoms with E-state index in [1.165, 1.54) is 12.3 Å². The zero-order chi connectivity index (χ0) is 14.8. The molecule has 1 fully saturated rings. The maximum absolute atomic E-state index is 11.9. The highest BCUT2D eigenvalue weighted by molar-refractivity contribution is 7.92. The van der Waals surface area contributed by atoms with Crippen LogP contribution in [-0.4, -0.2) is 47.9 Å². The van der Waals surface area contributed by atoms with Crippen LogP contribution >= 0.6 is 0 Å². The van der Waals surface area contributed by atoms with Crippen molar-refractivity contribution >= 4 is 21.7 Å². The van der Waals surface area contributed by atoms with Gasteiger partial charge in [0.1, 0.15) is 5.69 Å². The average Bonchev–Trinajstić information content (AvgIpc) is 2.75. The van der Waals surface area contributed by atoms with E-state index in [-0.39, 0.29) is 23.6 Å². The van der Waals surface area contributed by atoms with Gasteiger partial charge in [0.05, 0.1) is 11.0 Å². The molecular formula is C12H14N2O5S. The summed E-state index contributed by atoms with van der Waals surface area (Å²) in [7, 11) is -3.11. The van der Waals surface area contributed by atoms with Gasteiger partial charge in [-0.2, -0.15) is 0 Å². The molecular weight excluding hydrogens is 284 g/mol. The van der Waals surface area contributed by atoms with Gasteiger partial charge in [-0.15, -0.1) is 0 Å². The van der Waals surface area contributed by atoms with Crippen molar-refractivity contribution in [3.8, 4) is 0 Å². The van der Waals surface area contributed by atoms with Crippen molar-refractivity contribution in [1.29, 1.82) is 0 Å². The fourth-order valence-corrected chi connectivity index (χ4v) is 3.85. The lowest BCUT2D eigenvalue weighted by molar-refractivity contribution is 0.0690. The molecule has 1 atom stereocenters. The van der Waals surface area contributed by atoms with E-state index >= 15 is 0 Å². The number of nitrogens with zero attached hydrogens (tertiary/aromatic N) is 1. The smallest absolute Gasteiger partial charge is 0.354 e. The third-order valence-corrected chi connectivity index (χ3v) is 5.47. The van der Waals surface area contributed by atoms with Gasteiger partial charge in [0, 0.05) is 18.3 Å². The number of aromatic nitrogens is 1. The van der Waals surface area contributed by atoms with Gasteiger partial charge < -0.3 is 10.4 Å². The zero-order valence-electron chi connectivity index (χ0n) is 10.6. The van der Waals surface area contributed by atoms with Crippen molar-refractivity contribution in [2.45, 2.75) is 18.1 Å². The van der Waals surface area contributed by atoms with Crippen LogP contribution in [0.15, 0.2) is 18.3 Å². The first-order chi connectivity index (χ1) is 9.40. The first kappa shape index (κ1) is 14.4. The monoisotopic (exact) mass is 298 g/mol. The summed E-state index contributed by atoms with van der Waals surface area (Å²) in [6.45, 7) is 0.0475. The predicted molar refractivity (Wildman–Crippen MR) is 70.3 cm³/mol. The number of nitrogens with one attached hydrogen (secondary N) is 1. The summed E-state index contributed by atoms with van der Waals surface area (Å²) in [6, 6.07) is 2.53. The van der Waals surface area contributed by atoms with Crippen LogP contribution in [0.2, 0.25) is 0 Å². The molecule has 8 heteroatoms. The lowest BCUT2D eigenvalue weighted by Crippen LogP contribution is -2.34. The molecule has 7 nitrogen and oxygen atoms in total. The molecule has 0 saturated carbocycles. The molecule has 1 aromatic rings. The van der Waals surface area contributed by atoms with E-state index in [1.54, 1.807) is 0 Å². The lowest BCUT2D eigenvalue weighted by Gasteiger charge is -2.10. The Hall–Kier alpha value is -1.96. The van der Waals surface area contributed by atoms with E-state index in [1.807, 2.05) is 0 Å². The topological polar surface area (TPSA) is 113 Å². The van der Waals surface area contributed by atoms with E-state index < -0.39 is 27.0 Å². The molecule has 1 unspecified atom stereocenters. The van der Waals surface area contributed by atoms with Crippen molar-refractivity contribution in [2.24, 2.45) is 0 Å².